The molecule has 0 bridgehead atoms. The van der Waals surface area contributed by atoms with Gasteiger partial charge >= 0.3 is 0 Å². The van der Waals surface area contributed by atoms with E-state index in [-0.39, 0.29) is 11.9 Å². The molecule has 1 N–H and O–H groups in total. The van der Waals surface area contributed by atoms with E-state index in [0.29, 0.717) is 5.69 Å². The van der Waals surface area contributed by atoms with Crippen LogP contribution < -0.4 is 5.32 Å². The molecule has 0 saturated heterocycles. The number of amides is 1. The monoisotopic (exact) mass is 320 g/mol. The Morgan fingerprint density at radius 2 is 2.00 bits per heavy atom. The molecule has 0 aliphatic rings. The highest BCUT2D eigenvalue weighted by molar-refractivity contribution is 9.10. The number of rotatable bonds is 3. The van der Waals surface area contributed by atoms with Crippen molar-refractivity contribution in [2.24, 2.45) is 0 Å². The topological polar surface area (TPSA) is 34.0 Å². The average molecular weight is 321 g/mol. The second-order valence-corrected chi connectivity index (χ2v) is 5.73. The lowest BCUT2D eigenvalue weighted by molar-refractivity contribution is 0.101. The number of hydrogen-bond donors (Lipinski definition) is 1. The molecule has 1 aromatic heterocycles. The molecule has 19 heavy (non-hydrogen) atoms. The number of para-hydroxylation sites is 1. The van der Waals surface area contributed by atoms with Crippen LogP contribution in [0.25, 0.3) is 0 Å². The molecule has 0 aliphatic heterocycles. The molecule has 0 aliphatic carbocycles. The Kier molecular flexibility index (Phi) is 4.10. The zero-order valence-electron chi connectivity index (χ0n) is 11.3. The van der Waals surface area contributed by atoms with Crippen LogP contribution in [0, 0.1) is 6.92 Å². The molecule has 4 heteroatoms. The summed E-state index contributed by atoms with van der Waals surface area (Å²) in [7, 11) is 0. The van der Waals surface area contributed by atoms with Gasteiger partial charge in [-0.25, -0.2) is 0 Å². The van der Waals surface area contributed by atoms with Crippen LogP contribution in [-0.4, -0.2) is 10.5 Å². The molecule has 0 saturated carbocycles. The molecule has 1 aromatic carbocycles. The predicted octanol–water partition coefficient (Wildman–Crippen LogP) is 4.39. The van der Waals surface area contributed by atoms with Crippen molar-refractivity contribution in [3.63, 3.8) is 0 Å². The number of nitrogens with one attached hydrogen (secondary N) is 1. The van der Waals surface area contributed by atoms with Crippen molar-refractivity contribution < 1.29 is 4.79 Å². The standard InChI is InChI=1S/C15H17BrN2O/c1-10(2)18-9-12(16)8-14(18)15(19)17-13-7-5-4-6-11(13)3/h4-10H,1-3H3,(H,17,19). The largest absolute Gasteiger partial charge is 0.340 e. The molecule has 1 amide bonds. The number of halogens is 1. The number of anilines is 1. The second kappa shape index (κ2) is 5.61. The summed E-state index contributed by atoms with van der Waals surface area (Å²) in [6, 6.07) is 9.84. The maximum atomic E-state index is 12.4. The number of carbonyl (C=O) groups is 1. The summed E-state index contributed by atoms with van der Waals surface area (Å²) in [6.45, 7) is 6.08. The predicted molar refractivity (Wildman–Crippen MR) is 81.6 cm³/mol. The minimum absolute atomic E-state index is 0.0892. The third-order valence-corrected chi connectivity index (χ3v) is 3.43. The first kappa shape index (κ1) is 13.9. The molecule has 3 nitrogen and oxygen atoms in total. The highest BCUT2D eigenvalue weighted by atomic mass is 79.9. The van der Waals surface area contributed by atoms with E-state index >= 15 is 0 Å². The van der Waals surface area contributed by atoms with Crippen LogP contribution in [-0.2, 0) is 0 Å². The van der Waals surface area contributed by atoms with E-state index in [1.807, 2.05) is 48.0 Å². The normalized spacial score (nSPS) is 10.8. The Labute approximate surface area is 121 Å². The fourth-order valence-electron chi connectivity index (χ4n) is 1.95. The first-order chi connectivity index (χ1) is 8.99. The molecular weight excluding hydrogens is 304 g/mol. The molecular formula is C15H17BrN2O. The van der Waals surface area contributed by atoms with Gasteiger partial charge in [-0.15, -0.1) is 0 Å². The molecule has 0 atom stereocenters. The summed E-state index contributed by atoms with van der Waals surface area (Å²) >= 11 is 3.42. The van der Waals surface area contributed by atoms with Crippen molar-refractivity contribution in [2.45, 2.75) is 26.8 Å². The van der Waals surface area contributed by atoms with Crippen LogP contribution in [0.1, 0.15) is 35.9 Å². The Morgan fingerprint density at radius 3 is 2.63 bits per heavy atom. The number of aromatic nitrogens is 1. The lowest BCUT2D eigenvalue weighted by Gasteiger charge is -2.13. The molecule has 1 heterocycles. The number of benzene rings is 1. The van der Waals surface area contributed by atoms with E-state index in [9.17, 15) is 4.79 Å². The van der Waals surface area contributed by atoms with Crippen LogP contribution in [0.15, 0.2) is 41.0 Å². The van der Waals surface area contributed by atoms with E-state index in [1.54, 1.807) is 0 Å². The van der Waals surface area contributed by atoms with Crippen molar-refractivity contribution in [3.05, 3.63) is 52.3 Å². The van der Waals surface area contributed by atoms with E-state index in [0.717, 1.165) is 15.7 Å². The first-order valence-electron chi connectivity index (χ1n) is 6.23. The number of aryl methyl sites for hydroxylation is 1. The lowest BCUT2D eigenvalue weighted by Crippen LogP contribution is -2.18. The third-order valence-electron chi connectivity index (χ3n) is 3.00. The van der Waals surface area contributed by atoms with Gasteiger partial charge in [0.1, 0.15) is 5.69 Å². The Morgan fingerprint density at radius 1 is 1.32 bits per heavy atom. The minimum atomic E-state index is -0.0892. The van der Waals surface area contributed by atoms with Crippen molar-refractivity contribution in [3.8, 4) is 0 Å². The van der Waals surface area contributed by atoms with E-state index in [1.165, 1.54) is 0 Å². The van der Waals surface area contributed by atoms with Gasteiger partial charge < -0.3 is 9.88 Å². The van der Waals surface area contributed by atoms with Gasteiger partial charge in [0.15, 0.2) is 0 Å². The smallest absolute Gasteiger partial charge is 0.272 e. The summed E-state index contributed by atoms with van der Waals surface area (Å²) < 4.78 is 2.87. The number of hydrogen-bond acceptors (Lipinski definition) is 1. The van der Waals surface area contributed by atoms with Crippen LogP contribution in [0.5, 0.6) is 0 Å². The highest BCUT2D eigenvalue weighted by Gasteiger charge is 2.15. The molecule has 2 aromatic rings. The SMILES string of the molecule is Cc1ccccc1NC(=O)c1cc(Br)cn1C(C)C. The first-order valence-corrected chi connectivity index (χ1v) is 7.02. The van der Waals surface area contributed by atoms with Gasteiger partial charge in [0, 0.05) is 22.4 Å². The molecule has 0 fully saturated rings. The fraction of sp³-hybridized carbons (Fsp3) is 0.267. The summed E-state index contributed by atoms with van der Waals surface area (Å²) in [5.41, 5.74) is 2.56. The van der Waals surface area contributed by atoms with Gasteiger partial charge in [0.2, 0.25) is 0 Å². The van der Waals surface area contributed by atoms with E-state index in [2.05, 4.69) is 35.1 Å². The molecule has 0 radical (unpaired) electrons. The summed E-state index contributed by atoms with van der Waals surface area (Å²) in [4.78, 5) is 12.4. The molecule has 100 valence electrons. The van der Waals surface area contributed by atoms with Gasteiger partial charge in [0.05, 0.1) is 0 Å². The van der Waals surface area contributed by atoms with Gasteiger partial charge in [-0.2, -0.15) is 0 Å². The van der Waals surface area contributed by atoms with Crippen LogP contribution in [0.3, 0.4) is 0 Å². The van der Waals surface area contributed by atoms with Gasteiger partial charge in [-0.05, 0) is 54.4 Å². The Balaban J connectivity index is 2.28. The van der Waals surface area contributed by atoms with Crippen LogP contribution in [0.2, 0.25) is 0 Å². The van der Waals surface area contributed by atoms with Crippen molar-refractivity contribution >= 4 is 27.5 Å². The van der Waals surface area contributed by atoms with Gasteiger partial charge in [0.25, 0.3) is 5.91 Å². The fourth-order valence-corrected chi connectivity index (χ4v) is 2.39. The zero-order chi connectivity index (χ0) is 14.0. The van der Waals surface area contributed by atoms with Crippen molar-refractivity contribution in [2.75, 3.05) is 5.32 Å². The van der Waals surface area contributed by atoms with E-state index < -0.39 is 0 Å². The van der Waals surface area contributed by atoms with Crippen molar-refractivity contribution in [1.82, 2.24) is 4.57 Å². The Hall–Kier alpha value is -1.55. The summed E-state index contributed by atoms with van der Waals surface area (Å²) in [5, 5.41) is 2.95. The highest BCUT2D eigenvalue weighted by Crippen LogP contribution is 2.21. The van der Waals surface area contributed by atoms with Crippen LogP contribution >= 0.6 is 15.9 Å². The quantitative estimate of drug-likeness (QED) is 0.894. The average Bonchev–Trinajstić information content (AvgIpc) is 2.74. The molecule has 2 rings (SSSR count). The second-order valence-electron chi connectivity index (χ2n) is 4.81. The number of carbonyl (C=O) groups excluding carboxylic acids is 1. The number of nitrogens with zero attached hydrogens (tertiary/aromatic N) is 1. The summed E-state index contributed by atoms with van der Waals surface area (Å²) in [6.07, 6.45) is 1.93. The van der Waals surface area contributed by atoms with E-state index in [4.69, 9.17) is 0 Å². The maximum absolute atomic E-state index is 12.4. The molecule has 0 unspecified atom stereocenters. The maximum Gasteiger partial charge on any atom is 0.272 e. The third kappa shape index (κ3) is 3.07. The molecule has 0 spiro atoms. The van der Waals surface area contributed by atoms with Gasteiger partial charge in [-0.1, -0.05) is 18.2 Å². The summed E-state index contributed by atoms with van der Waals surface area (Å²) in [5.74, 6) is -0.0892. The zero-order valence-corrected chi connectivity index (χ0v) is 12.9. The Bertz CT molecular complexity index is 602. The van der Waals surface area contributed by atoms with Crippen molar-refractivity contribution in [1.29, 1.82) is 0 Å². The van der Waals surface area contributed by atoms with Crippen LogP contribution in [0.4, 0.5) is 5.69 Å². The minimum Gasteiger partial charge on any atom is -0.340 e. The van der Waals surface area contributed by atoms with Gasteiger partial charge in [-0.3, -0.25) is 4.79 Å². The lowest BCUT2D eigenvalue weighted by atomic mass is 10.2.